The first-order valence-corrected chi connectivity index (χ1v) is 9.22. The Morgan fingerprint density at radius 1 is 1.10 bits per heavy atom. The van der Waals surface area contributed by atoms with E-state index in [-0.39, 0.29) is 43.2 Å². The topological polar surface area (TPSA) is 130 Å². The summed E-state index contributed by atoms with van der Waals surface area (Å²) in [5.41, 5.74) is 0.279. The molecule has 0 spiro atoms. The summed E-state index contributed by atoms with van der Waals surface area (Å²) in [6, 6.07) is 13.1. The van der Waals surface area contributed by atoms with Gasteiger partial charge in [-0.15, -0.1) is 0 Å². The largest absolute Gasteiger partial charge is 0.507 e. The first-order chi connectivity index (χ1) is 14.5. The smallest absolute Gasteiger partial charge is 0.295 e. The zero-order valence-corrected chi connectivity index (χ0v) is 15.9. The highest BCUT2D eigenvalue weighted by atomic mass is 16.6. The summed E-state index contributed by atoms with van der Waals surface area (Å²) >= 11 is 0. The second kappa shape index (κ2) is 9.29. The minimum atomic E-state index is -0.880. The third kappa shape index (κ3) is 4.22. The van der Waals surface area contributed by atoms with Crippen molar-refractivity contribution in [3.63, 3.8) is 0 Å². The minimum Gasteiger partial charge on any atom is -0.507 e. The van der Waals surface area contributed by atoms with E-state index in [0.29, 0.717) is 5.56 Å². The second-order valence-electron chi connectivity index (χ2n) is 6.55. The molecule has 1 atom stereocenters. The van der Waals surface area contributed by atoms with Crippen molar-refractivity contribution in [3.8, 4) is 0 Å². The summed E-state index contributed by atoms with van der Waals surface area (Å²) in [5.74, 6) is -2.16. The maximum atomic E-state index is 12.8. The number of ether oxygens (including phenoxy) is 1. The number of non-ortho nitro benzene ring substituents is 1. The zero-order valence-electron chi connectivity index (χ0n) is 15.9. The van der Waals surface area contributed by atoms with Gasteiger partial charge in [-0.2, -0.15) is 0 Å². The van der Waals surface area contributed by atoms with Crippen molar-refractivity contribution in [3.05, 3.63) is 81.4 Å². The van der Waals surface area contributed by atoms with Gasteiger partial charge in [-0.25, -0.2) is 0 Å². The van der Waals surface area contributed by atoms with Gasteiger partial charge in [-0.05, 0) is 5.56 Å². The Balaban J connectivity index is 2.07. The number of hydrogen-bond acceptors (Lipinski definition) is 7. The Bertz CT molecular complexity index is 988. The molecule has 1 aliphatic rings. The highest BCUT2D eigenvalue weighted by Crippen LogP contribution is 2.39. The molecule has 2 aromatic rings. The molecule has 0 radical (unpaired) electrons. The minimum absolute atomic E-state index is 0.0653. The molecule has 0 bridgehead atoms. The van der Waals surface area contributed by atoms with Crippen LogP contribution < -0.4 is 0 Å². The quantitative estimate of drug-likeness (QED) is 0.169. The lowest BCUT2D eigenvalue weighted by Gasteiger charge is -2.25. The molecular weight excluding hydrogens is 392 g/mol. The van der Waals surface area contributed by atoms with E-state index in [2.05, 4.69) is 0 Å². The van der Waals surface area contributed by atoms with E-state index in [1.807, 2.05) is 0 Å². The fourth-order valence-corrected chi connectivity index (χ4v) is 3.34. The number of carbonyl (C=O) groups is 2. The van der Waals surface area contributed by atoms with Gasteiger partial charge in [-0.3, -0.25) is 19.7 Å². The summed E-state index contributed by atoms with van der Waals surface area (Å²) < 4.78 is 5.23. The van der Waals surface area contributed by atoms with Crippen LogP contribution in [0.4, 0.5) is 5.69 Å². The Morgan fingerprint density at radius 3 is 2.50 bits per heavy atom. The van der Waals surface area contributed by atoms with E-state index in [1.54, 1.807) is 30.3 Å². The first kappa shape index (κ1) is 21.2. The average Bonchev–Trinajstić information content (AvgIpc) is 3.01. The van der Waals surface area contributed by atoms with Crippen molar-refractivity contribution < 1.29 is 29.5 Å². The summed E-state index contributed by atoms with van der Waals surface area (Å²) in [7, 11) is 0. The van der Waals surface area contributed by atoms with E-state index in [1.165, 1.54) is 23.1 Å². The Morgan fingerprint density at radius 2 is 1.83 bits per heavy atom. The number of carbonyl (C=O) groups excluding carboxylic acids is 2. The molecule has 1 fully saturated rings. The van der Waals surface area contributed by atoms with Gasteiger partial charge in [0.2, 0.25) is 0 Å². The summed E-state index contributed by atoms with van der Waals surface area (Å²) in [5, 5.41) is 30.8. The van der Waals surface area contributed by atoms with Crippen molar-refractivity contribution in [2.75, 3.05) is 26.4 Å². The molecule has 2 N–H and O–H groups in total. The van der Waals surface area contributed by atoms with Gasteiger partial charge in [0.15, 0.2) is 0 Å². The lowest BCUT2D eigenvalue weighted by Crippen LogP contribution is -2.33. The number of Topliss-reactive ketones (excluding diaryl/α,β-unsaturated/α-hetero) is 1. The number of aliphatic hydroxyl groups excluding tert-OH is 2. The second-order valence-corrected chi connectivity index (χ2v) is 6.55. The fourth-order valence-electron chi connectivity index (χ4n) is 3.34. The van der Waals surface area contributed by atoms with E-state index >= 15 is 0 Å². The van der Waals surface area contributed by atoms with Crippen molar-refractivity contribution >= 4 is 23.1 Å². The number of hydrogen-bond donors (Lipinski definition) is 2. The average molecular weight is 412 g/mol. The van der Waals surface area contributed by atoms with Gasteiger partial charge in [0, 0.05) is 24.2 Å². The number of ketones is 1. The molecule has 0 aliphatic carbocycles. The van der Waals surface area contributed by atoms with Crippen molar-refractivity contribution in [1.82, 2.24) is 4.90 Å². The molecule has 1 aliphatic heterocycles. The Hall–Kier alpha value is -3.56. The van der Waals surface area contributed by atoms with Gasteiger partial charge in [-0.1, -0.05) is 42.5 Å². The van der Waals surface area contributed by atoms with Crippen LogP contribution in [0.1, 0.15) is 17.2 Å². The predicted molar refractivity (Wildman–Crippen MR) is 106 cm³/mol. The number of aliphatic hydroxyl groups is 2. The van der Waals surface area contributed by atoms with Crippen molar-refractivity contribution in [2.24, 2.45) is 0 Å². The number of nitro groups is 1. The third-order valence-electron chi connectivity index (χ3n) is 4.70. The van der Waals surface area contributed by atoms with Crippen LogP contribution in [0.25, 0.3) is 5.76 Å². The molecule has 1 amide bonds. The molecule has 2 aromatic carbocycles. The molecule has 0 aromatic heterocycles. The van der Waals surface area contributed by atoms with Crippen LogP contribution in [0.15, 0.2) is 60.2 Å². The Kier molecular flexibility index (Phi) is 6.55. The number of rotatable bonds is 8. The summed E-state index contributed by atoms with van der Waals surface area (Å²) in [4.78, 5) is 37.2. The molecule has 9 heteroatoms. The Labute approximate surface area is 172 Å². The lowest BCUT2D eigenvalue weighted by atomic mass is 9.95. The van der Waals surface area contributed by atoms with Crippen molar-refractivity contribution in [1.29, 1.82) is 0 Å². The first-order valence-electron chi connectivity index (χ1n) is 9.22. The van der Waals surface area contributed by atoms with Crippen LogP contribution in [0.2, 0.25) is 0 Å². The van der Waals surface area contributed by atoms with Gasteiger partial charge in [0.25, 0.3) is 17.4 Å². The van der Waals surface area contributed by atoms with Crippen LogP contribution >= 0.6 is 0 Å². The maximum Gasteiger partial charge on any atom is 0.295 e. The van der Waals surface area contributed by atoms with Gasteiger partial charge >= 0.3 is 0 Å². The lowest BCUT2D eigenvalue weighted by molar-refractivity contribution is -0.384. The summed E-state index contributed by atoms with van der Waals surface area (Å²) in [6.07, 6.45) is 0. The van der Waals surface area contributed by atoms with Crippen LogP contribution in [0, 0.1) is 10.1 Å². The molecule has 1 unspecified atom stereocenters. The third-order valence-corrected chi connectivity index (χ3v) is 4.70. The standard InChI is InChI=1S/C21H20N2O7/c24-10-12-30-11-9-22-18(14-5-2-1-3-6-14)17(20(26)21(22)27)19(25)15-7-4-8-16(13-15)23(28)29/h1-8,13,18,24-25H,9-12H2. The molecule has 1 saturated heterocycles. The normalized spacial score (nSPS) is 18.0. The van der Waals surface area contributed by atoms with E-state index in [9.17, 15) is 24.8 Å². The summed E-state index contributed by atoms with van der Waals surface area (Å²) in [6.45, 7) is 0.0743. The molecular formula is C21H20N2O7. The number of nitro benzene ring substituents is 1. The van der Waals surface area contributed by atoms with Gasteiger partial charge in [0.1, 0.15) is 5.76 Å². The van der Waals surface area contributed by atoms with Crippen LogP contribution in [0.5, 0.6) is 0 Å². The molecule has 156 valence electrons. The SMILES string of the molecule is O=C1C(=O)N(CCOCCO)C(c2ccccc2)C1=C(O)c1cccc([N+](=O)[O-])c1. The van der Waals surface area contributed by atoms with Gasteiger partial charge < -0.3 is 19.8 Å². The molecule has 3 rings (SSSR count). The van der Waals surface area contributed by atoms with E-state index in [0.717, 1.165) is 6.07 Å². The van der Waals surface area contributed by atoms with Crippen LogP contribution in [-0.2, 0) is 14.3 Å². The highest BCUT2D eigenvalue weighted by molar-refractivity contribution is 6.46. The number of benzene rings is 2. The molecule has 9 nitrogen and oxygen atoms in total. The fraction of sp³-hybridized carbons (Fsp3) is 0.238. The van der Waals surface area contributed by atoms with E-state index < -0.39 is 28.4 Å². The highest BCUT2D eigenvalue weighted by Gasteiger charge is 2.45. The van der Waals surface area contributed by atoms with Crippen LogP contribution in [0.3, 0.4) is 0 Å². The number of likely N-dealkylation sites (tertiary alicyclic amines) is 1. The van der Waals surface area contributed by atoms with Gasteiger partial charge in [0.05, 0.1) is 36.4 Å². The molecule has 0 saturated carbocycles. The van der Waals surface area contributed by atoms with Crippen molar-refractivity contribution in [2.45, 2.75) is 6.04 Å². The maximum absolute atomic E-state index is 12.8. The monoisotopic (exact) mass is 412 g/mol. The van der Waals surface area contributed by atoms with E-state index in [4.69, 9.17) is 9.84 Å². The number of amides is 1. The van der Waals surface area contributed by atoms with Crippen LogP contribution in [-0.4, -0.2) is 58.1 Å². The predicted octanol–water partition coefficient (Wildman–Crippen LogP) is 2.03. The zero-order chi connectivity index (χ0) is 21.7. The molecule has 1 heterocycles. The number of nitrogens with zero attached hydrogens (tertiary/aromatic N) is 2. The molecule has 30 heavy (non-hydrogen) atoms.